The zero-order valence-corrected chi connectivity index (χ0v) is 11.9. The lowest BCUT2D eigenvalue weighted by Gasteiger charge is -2.17. The minimum absolute atomic E-state index is 0.0518. The second-order valence-electron chi connectivity index (χ2n) is 5.09. The zero-order chi connectivity index (χ0) is 15.0. The Labute approximate surface area is 121 Å². The lowest BCUT2D eigenvalue weighted by Crippen LogP contribution is -2.34. The molecule has 110 valence electrons. The molecule has 0 saturated carbocycles. The average Bonchev–Trinajstić information content (AvgIpc) is 2.93. The third-order valence-electron chi connectivity index (χ3n) is 3.50. The summed E-state index contributed by atoms with van der Waals surface area (Å²) in [6, 6.07) is 5.96. The molecule has 1 N–H and O–H groups in total. The minimum Gasteiger partial charge on any atom is -0.358 e. The first kappa shape index (κ1) is 13.5. The third-order valence-corrected chi connectivity index (χ3v) is 3.50. The van der Waals surface area contributed by atoms with Crippen LogP contribution in [0, 0.1) is 12.9 Å². The number of nitrogens with zero attached hydrogens (tertiary/aromatic N) is 4. The Balaban J connectivity index is 1.76. The number of carbonyl (C=O) groups is 1. The summed E-state index contributed by atoms with van der Waals surface area (Å²) in [6.07, 6.45) is 0.640. The number of nitrogens with one attached hydrogen (secondary N) is 1. The summed E-state index contributed by atoms with van der Waals surface area (Å²) in [5, 5.41) is 7.24. The van der Waals surface area contributed by atoms with Crippen molar-refractivity contribution in [2.75, 3.05) is 16.8 Å². The number of amides is 1. The molecule has 1 aliphatic rings. The van der Waals surface area contributed by atoms with Gasteiger partial charge in [0.1, 0.15) is 17.7 Å². The average molecular weight is 289 g/mol. The van der Waals surface area contributed by atoms with Crippen LogP contribution in [0.25, 0.3) is 0 Å². The van der Waals surface area contributed by atoms with Gasteiger partial charge in [-0.2, -0.15) is 9.49 Å². The summed E-state index contributed by atoms with van der Waals surface area (Å²) in [4.78, 5) is 17.9. The van der Waals surface area contributed by atoms with Gasteiger partial charge >= 0.3 is 0 Å². The highest BCUT2D eigenvalue weighted by molar-refractivity contribution is 6.00. The van der Waals surface area contributed by atoms with E-state index >= 15 is 0 Å². The summed E-state index contributed by atoms with van der Waals surface area (Å²) < 4.78 is 14.8. The quantitative estimate of drug-likeness (QED) is 0.869. The van der Waals surface area contributed by atoms with Gasteiger partial charge in [-0.3, -0.25) is 14.4 Å². The second kappa shape index (κ2) is 5.16. The molecule has 0 radical (unpaired) electrons. The Kier molecular flexibility index (Phi) is 3.32. The molecular weight excluding hydrogens is 273 g/mol. The van der Waals surface area contributed by atoms with E-state index in [1.807, 2.05) is 20.0 Å². The van der Waals surface area contributed by atoms with Crippen LogP contribution in [-0.2, 0) is 11.8 Å². The van der Waals surface area contributed by atoms with Gasteiger partial charge in [0.25, 0.3) is 5.91 Å². The molecule has 1 fully saturated rings. The van der Waals surface area contributed by atoms with Crippen LogP contribution in [0.4, 0.5) is 16.0 Å². The van der Waals surface area contributed by atoms with E-state index in [-0.39, 0.29) is 5.91 Å². The Bertz CT molecular complexity index is 684. The van der Waals surface area contributed by atoms with Gasteiger partial charge in [0, 0.05) is 19.7 Å². The number of anilines is 2. The number of carbonyl (C=O) groups excluding carboxylic acids is 1. The minimum atomic E-state index is -0.565. The molecule has 21 heavy (non-hydrogen) atoms. The smallest absolute Gasteiger partial charge is 0.250 e. The maximum absolute atomic E-state index is 13.1. The summed E-state index contributed by atoms with van der Waals surface area (Å²) in [5.74, 6) is 0.527. The fraction of sp³-hybridized carbons (Fsp3) is 0.357. The van der Waals surface area contributed by atoms with Crippen LogP contribution in [0.5, 0.6) is 0 Å². The van der Waals surface area contributed by atoms with Crippen molar-refractivity contribution in [3.63, 3.8) is 0 Å². The molecule has 0 aliphatic carbocycles. The molecule has 6 nitrogen and oxygen atoms in total. The van der Waals surface area contributed by atoms with E-state index in [1.54, 1.807) is 21.7 Å². The molecule has 3 heterocycles. The summed E-state index contributed by atoms with van der Waals surface area (Å²) in [5.41, 5.74) is 0.864. The number of rotatable bonds is 3. The third kappa shape index (κ3) is 2.58. The Morgan fingerprint density at radius 3 is 2.90 bits per heavy atom. The van der Waals surface area contributed by atoms with E-state index < -0.39 is 12.0 Å². The van der Waals surface area contributed by atoms with Gasteiger partial charge < -0.3 is 5.32 Å². The SMILES string of the molecule is Cc1cc(N2CCC(Nc3cccc(F)n3)C2=O)n(C)n1. The molecule has 0 aromatic carbocycles. The lowest BCUT2D eigenvalue weighted by atomic mass is 10.2. The number of aromatic nitrogens is 3. The van der Waals surface area contributed by atoms with Crippen molar-refractivity contribution in [3.8, 4) is 0 Å². The zero-order valence-electron chi connectivity index (χ0n) is 11.9. The predicted octanol–water partition coefficient (Wildman–Crippen LogP) is 1.48. The van der Waals surface area contributed by atoms with Crippen LogP contribution in [0.1, 0.15) is 12.1 Å². The fourth-order valence-electron chi connectivity index (χ4n) is 2.56. The van der Waals surface area contributed by atoms with Gasteiger partial charge in [-0.05, 0) is 25.5 Å². The van der Waals surface area contributed by atoms with Crippen LogP contribution >= 0.6 is 0 Å². The normalized spacial score (nSPS) is 18.3. The highest BCUT2D eigenvalue weighted by Gasteiger charge is 2.34. The van der Waals surface area contributed by atoms with Crippen molar-refractivity contribution in [2.45, 2.75) is 19.4 Å². The van der Waals surface area contributed by atoms with Crippen LogP contribution < -0.4 is 10.2 Å². The molecule has 1 atom stereocenters. The molecule has 1 aliphatic heterocycles. The molecule has 2 aromatic rings. The van der Waals surface area contributed by atoms with Crippen molar-refractivity contribution < 1.29 is 9.18 Å². The van der Waals surface area contributed by atoms with Gasteiger partial charge in [-0.15, -0.1) is 0 Å². The molecule has 1 saturated heterocycles. The molecule has 3 rings (SSSR count). The first-order valence-corrected chi connectivity index (χ1v) is 6.76. The van der Waals surface area contributed by atoms with Crippen LogP contribution in [0.3, 0.4) is 0 Å². The molecule has 1 amide bonds. The van der Waals surface area contributed by atoms with E-state index in [2.05, 4.69) is 15.4 Å². The van der Waals surface area contributed by atoms with E-state index in [0.29, 0.717) is 18.8 Å². The van der Waals surface area contributed by atoms with Crippen LogP contribution in [0.15, 0.2) is 24.3 Å². The fourth-order valence-corrected chi connectivity index (χ4v) is 2.56. The van der Waals surface area contributed by atoms with E-state index in [4.69, 9.17) is 0 Å². The summed E-state index contributed by atoms with van der Waals surface area (Å²) >= 11 is 0. The summed E-state index contributed by atoms with van der Waals surface area (Å²) in [7, 11) is 1.81. The molecular formula is C14H16FN5O. The first-order chi connectivity index (χ1) is 10.0. The van der Waals surface area contributed by atoms with E-state index in [9.17, 15) is 9.18 Å². The first-order valence-electron chi connectivity index (χ1n) is 6.76. The van der Waals surface area contributed by atoms with Crippen molar-refractivity contribution >= 4 is 17.5 Å². The molecule has 0 bridgehead atoms. The Morgan fingerprint density at radius 1 is 1.43 bits per heavy atom. The summed E-state index contributed by atoms with van der Waals surface area (Å²) in [6.45, 7) is 2.49. The Morgan fingerprint density at radius 2 is 2.24 bits per heavy atom. The highest BCUT2D eigenvalue weighted by atomic mass is 19.1. The number of aryl methyl sites for hydroxylation is 2. The van der Waals surface area contributed by atoms with Gasteiger partial charge in [-0.1, -0.05) is 6.07 Å². The molecule has 7 heteroatoms. The van der Waals surface area contributed by atoms with Crippen molar-refractivity contribution in [3.05, 3.63) is 35.9 Å². The number of pyridine rings is 1. The van der Waals surface area contributed by atoms with E-state index in [0.717, 1.165) is 11.5 Å². The standard InChI is InChI=1S/C14H16FN5O/c1-9-8-13(19(2)18-9)20-7-6-10(14(20)21)16-12-5-3-4-11(15)17-12/h3-5,8,10H,6-7H2,1-2H3,(H,16,17). The van der Waals surface area contributed by atoms with Gasteiger partial charge in [0.2, 0.25) is 5.95 Å². The second-order valence-corrected chi connectivity index (χ2v) is 5.09. The lowest BCUT2D eigenvalue weighted by molar-refractivity contribution is -0.117. The molecule has 0 spiro atoms. The highest BCUT2D eigenvalue weighted by Crippen LogP contribution is 2.23. The van der Waals surface area contributed by atoms with Crippen molar-refractivity contribution in [1.29, 1.82) is 0 Å². The largest absolute Gasteiger partial charge is 0.358 e. The maximum atomic E-state index is 13.1. The number of halogens is 1. The van der Waals surface area contributed by atoms with Gasteiger partial charge in [0.05, 0.1) is 5.69 Å². The number of hydrogen-bond acceptors (Lipinski definition) is 4. The maximum Gasteiger partial charge on any atom is 0.250 e. The van der Waals surface area contributed by atoms with Gasteiger partial charge in [0.15, 0.2) is 0 Å². The van der Waals surface area contributed by atoms with Crippen LogP contribution in [-0.4, -0.2) is 33.3 Å². The van der Waals surface area contributed by atoms with Gasteiger partial charge in [-0.25, -0.2) is 4.98 Å². The molecule has 2 aromatic heterocycles. The monoisotopic (exact) mass is 289 g/mol. The van der Waals surface area contributed by atoms with Crippen LogP contribution in [0.2, 0.25) is 0 Å². The number of hydrogen-bond donors (Lipinski definition) is 1. The van der Waals surface area contributed by atoms with E-state index in [1.165, 1.54) is 6.07 Å². The molecule has 1 unspecified atom stereocenters. The topological polar surface area (TPSA) is 63.1 Å². The Hall–Kier alpha value is -2.44. The van der Waals surface area contributed by atoms with Crippen molar-refractivity contribution in [2.24, 2.45) is 7.05 Å². The van der Waals surface area contributed by atoms with Crippen molar-refractivity contribution in [1.82, 2.24) is 14.8 Å². The predicted molar refractivity (Wildman–Crippen MR) is 76.5 cm³/mol.